The van der Waals surface area contributed by atoms with Gasteiger partial charge < -0.3 is 9.47 Å². The highest BCUT2D eigenvalue weighted by atomic mass is 32.1. The van der Waals surface area contributed by atoms with E-state index in [9.17, 15) is 9.18 Å². The van der Waals surface area contributed by atoms with Gasteiger partial charge in [-0.2, -0.15) is 14.9 Å². The molecule has 3 aromatic rings. The van der Waals surface area contributed by atoms with Crippen molar-refractivity contribution in [1.29, 1.82) is 0 Å². The molecule has 0 radical (unpaired) electrons. The molecule has 0 amide bonds. The Kier molecular flexibility index (Phi) is 5.41. The number of halogens is 1. The number of rotatable bonds is 5. The minimum atomic E-state index is -0.441. The summed E-state index contributed by atoms with van der Waals surface area (Å²) in [6.45, 7) is 1.31. The normalized spacial score (nSPS) is 10.9. The number of ether oxygens (including phenoxy) is 2. The lowest BCUT2D eigenvalue weighted by atomic mass is 10.2. The van der Waals surface area contributed by atoms with Gasteiger partial charge in [0.2, 0.25) is 4.77 Å². The summed E-state index contributed by atoms with van der Waals surface area (Å²) in [6, 6.07) is 10.8. The molecule has 0 aliphatic rings. The van der Waals surface area contributed by atoms with E-state index in [0.717, 1.165) is 0 Å². The summed E-state index contributed by atoms with van der Waals surface area (Å²) in [5.74, 6) is 0.365. The molecule has 0 unspecified atom stereocenters. The van der Waals surface area contributed by atoms with Crippen molar-refractivity contribution in [3.05, 3.63) is 58.6 Å². The van der Waals surface area contributed by atoms with E-state index in [0.29, 0.717) is 28.5 Å². The fraction of sp³-hybridized carbons (Fsp3) is 0.111. The first-order valence-electron chi connectivity index (χ1n) is 7.82. The maximum atomic E-state index is 13.1. The van der Waals surface area contributed by atoms with Crippen LogP contribution in [-0.4, -0.2) is 34.2 Å². The minimum absolute atomic E-state index is 0.286. The Hall–Kier alpha value is -3.33. The highest BCUT2D eigenvalue weighted by Gasteiger charge is 2.10. The van der Waals surface area contributed by atoms with Crippen molar-refractivity contribution in [1.82, 2.24) is 14.9 Å². The van der Waals surface area contributed by atoms with Crippen LogP contribution in [0.5, 0.6) is 11.5 Å². The van der Waals surface area contributed by atoms with E-state index in [4.69, 9.17) is 21.7 Å². The van der Waals surface area contributed by atoms with Crippen LogP contribution in [-0.2, 0) is 4.79 Å². The number of methoxy groups -OCH3 is 1. The molecule has 3 rings (SSSR count). The number of hydrogen-bond acceptors (Lipinski definition) is 6. The second-order valence-electron chi connectivity index (χ2n) is 5.42. The number of H-pyrrole nitrogens is 1. The Balaban J connectivity index is 1.93. The number of hydrogen-bond donors (Lipinski definition) is 1. The van der Waals surface area contributed by atoms with Crippen molar-refractivity contribution < 1.29 is 18.7 Å². The van der Waals surface area contributed by atoms with Gasteiger partial charge >= 0.3 is 5.97 Å². The third-order valence-electron chi connectivity index (χ3n) is 3.52. The number of aromatic nitrogens is 3. The SMILES string of the molecule is COc1cc(C=Nn2c(-c3ccc(F)cc3)n[nH]c2=S)ccc1OC(C)=O. The lowest BCUT2D eigenvalue weighted by Gasteiger charge is -2.08. The van der Waals surface area contributed by atoms with Gasteiger partial charge in [0, 0.05) is 12.5 Å². The zero-order valence-corrected chi connectivity index (χ0v) is 15.3. The quantitative estimate of drug-likeness (QED) is 0.314. The summed E-state index contributed by atoms with van der Waals surface area (Å²) in [4.78, 5) is 11.1. The Bertz CT molecular complexity index is 1060. The van der Waals surface area contributed by atoms with Crippen molar-refractivity contribution >= 4 is 24.4 Å². The van der Waals surface area contributed by atoms with E-state index < -0.39 is 5.97 Å². The highest BCUT2D eigenvalue weighted by Crippen LogP contribution is 2.27. The minimum Gasteiger partial charge on any atom is -0.493 e. The van der Waals surface area contributed by atoms with Crippen LogP contribution in [0.25, 0.3) is 11.4 Å². The summed E-state index contributed by atoms with van der Waals surface area (Å²) in [6.07, 6.45) is 1.55. The van der Waals surface area contributed by atoms with Gasteiger partial charge in [0.15, 0.2) is 17.3 Å². The van der Waals surface area contributed by atoms with Crippen LogP contribution in [0.1, 0.15) is 12.5 Å². The topological polar surface area (TPSA) is 81.5 Å². The molecular formula is C18H15FN4O3S. The van der Waals surface area contributed by atoms with Gasteiger partial charge in [0.25, 0.3) is 0 Å². The van der Waals surface area contributed by atoms with Crippen LogP contribution >= 0.6 is 12.2 Å². The molecule has 27 heavy (non-hydrogen) atoms. The number of aromatic amines is 1. The van der Waals surface area contributed by atoms with Gasteiger partial charge in [-0.05, 0) is 60.2 Å². The number of carbonyl (C=O) groups is 1. The zero-order chi connectivity index (χ0) is 19.4. The molecule has 0 saturated heterocycles. The van der Waals surface area contributed by atoms with E-state index in [1.807, 2.05) is 0 Å². The van der Waals surface area contributed by atoms with Gasteiger partial charge in [-0.25, -0.2) is 9.49 Å². The van der Waals surface area contributed by atoms with E-state index >= 15 is 0 Å². The van der Waals surface area contributed by atoms with E-state index in [1.54, 1.807) is 36.5 Å². The van der Waals surface area contributed by atoms with E-state index in [-0.39, 0.29) is 10.6 Å². The Morgan fingerprint density at radius 1 is 1.26 bits per heavy atom. The average Bonchev–Trinajstić information content (AvgIpc) is 3.01. The zero-order valence-electron chi connectivity index (χ0n) is 14.5. The first-order valence-corrected chi connectivity index (χ1v) is 8.23. The van der Waals surface area contributed by atoms with Crippen molar-refractivity contribution in [2.45, 2.75) is 6.92 Å². The number of nitrogens with zero attached hydrogens (tertiary/aromatic N) is 3. The standard InChI is InChI=1S/C18H15FN4O3S/c1-11(24)26-15-8-3-12(9-16(15)25-2)10-20-23-17(21-22-18(23)27)13-4-6-14(19)7-5-13/h3-10H,1-2H3,(H,22,27). The predicted octanol–water partition coefficient (Wildman–Crippen LogP) is 3.56. The van der Waals surface area contributed by atoms with Gasteiger partial charge in [0.05, 0.1) is 13.3 Å². The fourth-order valence-corrected chi connectivity index (χ4v) is 2.49. The van der Waals surface area contributed by atoms with Crippen molar-refractivity contribution in [2.75, 3.05) is 7.11 Å². The second-order valence-corrected chi connectivity index (χ2v) is 5.81. The van der Waals surface area contributed by atoms with Crippen molar-refractivity contribution in [2.24, 2.45) is 5.10 Å². The summed E-state index contributed by atoms with van der Waals surface area (Å²) in [7, 11) is 1.47. The number of benzene rings is 2. The number of nitrogens with one attached hydrogen (secondary N) is 1. The smallest absolute Gasteiger partial charge is 0.308 e. The first kappa shape index (κ1) is 18.5. The molecular weight excluding hydrogens is 371 g/mol. The van der Waals surface area contributed by atoms with Crippen LogP contribution in [0.3, 0.4) is 0 Å². The van der Waals surface area contributed by atoms with E-state index in [2.05, 4.69) is 15.3 Å². The molecule has 0 atom stereocenters. The fourth-order valence-electron chi connectivity index (χ4n) is 2.31. The largest absolute Gasteiger partial charge is 0.493 e. The molecule has 9 heteroatoms. The molecule has 1 heterocycles. The third kappa shape index (κ3) is 4.26. The van der Waals surface area contributed by atoms with Gasteiger partial charge in [0.1, 0.15) is 5.82 Å². The molecule has 1 N–H and O–H groups in total. The average molecular weight is 386 g/mol. The maximum Gasteiger partial charge on any atom is 0.308 e. The van der Waals surface area contributed by atoms with Crippen LogP contribution in [0.4, 0.5) is 4.39 Å². The molecule has 0 aliphatic carbocycles. The lowest BCUT2D eigenvalue weighted by molar-refractivity contribution is -0.132. The molecule has 0 bridgehead atoms. The van der Waals surface area contributed by atoms with Crippen molar-refractivity contribution in [3.8, 4) is 22.9 Å². The maximum absolute atomic E-state index is 13.1. The Morgan fingerprint density at radius 2 is 2.00 bits per heavy atom. The molecule has 0 saturated carbocycles. The van der Waals surface area contributed by atoms with Crippen LogP contribution in [0.15, 0.2) is 47.6 Å². The van der Waals surface area contributed by atoms with E-state index in [1.165, 1.54) is 30.8 Å². The van der Waals surface area contributed by atoms with Crippen LogP contribution in [0.2, 0.25) is 0 Å². The monoisotopic (exact) mass is 386 g/mol. The van der Waals surface area contributed by atoms with Gasteiger partial charge in [-0.15, -0.1) is 0 Å². The first-order chi connectivity index (χ1) is 13.0. The third-order valence-corrected chi connectivity index (χ3v) is 3.78. The summed E-state index contributed by atoms with van der Waals surface area (Å²) >= 11 is 5.21. The molecule has 0 aliphatic heterocycles. The molecule has 1 aromatic heterocycles. The van der Waals surface area contributed by atoms with Crippen LogP contribution < -0.4 is 9.47 Å². The molecule has 0 spiro atoms. The number of esters is 1. The number of carbonyl (C=O) groups excluding carboxylic acids is 1. The molecule has 0 fully saturated rings. The lowest BCUT2D eigenvalue weighted by Crippen LogP contribution is -2.03. The predicted molar refractivity (Wildman–Crippen MR) is 100 cm³/mol. The van der Waals surface area contributed by atoms with Crippen molar-refractivity contribution in [3.63, 3.8) is 0 Å². The molecule has 7 nitrogen and oxygen atoms in total. The summed E-state index contributed by atoms with van der Waals surface area (Å²) < 4.78 is 25.1. The second kappa shape index (κ2) is 7.92. The summed E-state index contributed by atoms with van der Waals surface area (Å²) in [5.41, 5.74) is 1.35. The Morgan fingerprint density at radius 3 is 2.67 bits per heavy atom. The van der Waals surface area contributed by atoms with Gasteiger partial charge in [-0.1, -0.05) is 0 Å². The highest BCUT2D eigenvalue weighted by molar-refractivity contribution is 7.71. The molecule has 2 aromatic carbocycles. The Labute approximate surface area is 159 Å². The summed E-state index contributed by atoms with van der Waals surface area (Å²) in [5, 5.41) is 11.1. The van der Waals surface area contributed by atoms with Gasteiger partial charge in [-0.3, -0.25) is 4.79 Å². The molecule has 138 valence electrons. The van der Waals surface area contributed by atoms with Crippen LogP contribution in [0, 0.1) is 10.6 Å².